The second-order valence-corrected chi connectivity index (χ2v) is 4.71. The number of nitrogens with one attached hydrogen (secondary N) is 1. The lowest BCUT2D eigenvalue weighted by Gasteiger charge is -2.14. The quantitative estimate of drug-likeness (QED) is 0.769. The summed E-state index contributed by atoms with van der Waals surface area (Å²) >= 11 is 0. The van der Waals surface area contributed by atoms with Crippen LogP contribution < -0.4 is 10.1 Å². The molecule has 0 fully saturated rings. The average molecular weight is 263 g/mol. The van der Waals surface area contributed by atoms with Gasteiger partial charge in [0.25, 0.3) is 5.91 Å². The second-order valence-electron chi connectivity index (χ2n) is 4.71. The maximum atomic E-state index is 11.6. The number of hydrogen-bond donors (Lipinski definition) is 1. The van der Waals surface area contributed by atoms with Gasteiger partial charge in [0.2, 0.25) is 0 Å². The number of carbonyl (C=O) groups excluding carboxylic acids is 2. The van der Waals surface area contributed by atoms with E-state index in [2.05, 4.69) is 12.2 Å². The minimum absolute atomic E-state index is 0.0715. The molecule has 0 spiro atoms. The molecule has 0 radical (unpaired) electrons. The van der Waals surface area contributed by atoms with Gasteiger partial charge >= 0.3 is 0 Å². The van der Waals surface area contributed by atoms with Crippen LogP contribution in [0, 0.1) is 6.92 Å². The van der Waals surface area contributed by atoms with Gasteiger partial charge in [-0.05, 0) is 32.4 Å². The van der Waals surface area contributed by atoms with Gasteiger partial charge in [-0.2, -0.15) is 0 Å². The van der Waals surface area contributed by atoms with E-state index in [0.717, 1.165) is 24.7 Å². The number of rotatable bonds is 7. The molecule has 4 nitrogen and oxygen atoms in total. The summed E-state index contributed by atoms with van der Waals surface area (Å²) in [6.07, 6.45) is 2.70. The monoisotopic (exact) mass is 263 g/mol. The smallest absolute Gasteiger partial charge is 0.258 e. The second kappa shape index (κ2) is 7.56. The van der Waals surface area contributed by atoms with Crippen molar-refractivity contribution < 1.29 is 14.3 Å². The minimum atomic E-state index is -0.168. The van der Waals surface area contributed by atoms with Gasteiger partial charge in [0.1, 0.15) is 5.75 Å². The number of hydrogen-bond acceptors (Lipinski definition) is 3. The molecule has 0 aliphatic heterocycles. The molecule has 0 aliphatic carbocycles. The van der Waals surface area contributed by atoms with Gasteiger partial charge in [0.15, 0.2) is 12.9 Å². The van der Waals surface area contributed by atoms with Crippen LogP contribution >= 0.6 is 0 Å². The maximum Gasteiger partial charge on any atom is 0.258 e. The summed E-state index contributed by atoms with van der Waals surface area (Å²) in [5, 5.41) is 2.85. The summed E-state index contributed by atoms with van der Waals surface area (Å²) in [5.41, 5.74) is 1.45. The van der Waals surface area contributed by atoms with Crippen molar-refractivity contribution in [3.63, 3.8) is 0 Å². The predicted octanol–water partition coefficient (Wildman–Crippen LogP) is 2.49. The number of benzene rings is 1. The Morgan fingerprint density at radius 3 is 2.84 bits per heavy atom. The van der Waals surface area contributed by atoms with Crippen LogP contribution in [0.15, 0.2) is 18.2 Å². The predicted molar refractivity (Wildman–Crippen MR) is 74.6 cm³/mol. The molecule has 19 heavy (non-hydrogen) atoms. The average Bonchev–Trinajstić information content (AvgIpc) is 2.37. The molecule has 1 amide bonds. The normalized spacial score (nSPS) is 11.7. The molecule has 4 heteroatoms. The van der Waals surface area contributed by atoms with Crippen LogP contribution in [0.25, 0.3) is 0 Å². The van der Waals surface area contributed by atoms with Crippen molar-refractivity contribution >= 4 is 12.2 Å². The van der Waals surface area contributed by atoms with Crippen LogP contribution in [-0.4, -0.2) is 24.8 Å². The highest BCUT2D eigenvalue weighted by atomic mass is 16.5. The summed E-state index contributed by atoms with van der Waals surface area (Å²) in [6, 6.07) is 5.44. The first-order valence-corrected chi connectivity index (χ1v) is 6.54. The Bertz CT molecular complexity index is 443. The summed E-state index contributed by atoms with van der Waals surface area (Å²) in [5.74, 6) is 0.275. The van der Waals surface area contributed by atoms with Crippen LogP contribution in [0.4, 0.5) is 0 Å². The van der Waals surface area contributed by atoms with Crippen molar-refractivity contribution in [1.82, 2.24) is 5.32 Å². The van der Waals surface area contributed by atoms with Crippen LogP contribution in [-0.2, 0) is 4.79 Å². The lowest BCUT2D eigenvalue weighted by molar-refractivity contribution is -0.123. The van der Waals surface area contributed by atoms with E-state index in [1.54, 1.807) is 12.1 Å². The lowest BCUT2D eigenvalue weighted by Crippen LogP contribution is -2.36. The first-order valence-electron chi connectivity index (χ1n) is 6.54. The van der Waals surface area contributed by atoms with Gasteiger partial charge in [-0.15, -0.1) is 0 Å². The molecule has 0 bridgehead atoms. The minimum Gasteiger partial charge on any atom is -0.483 e. The fourth-order valence-electron chi connectivity index (χ4n) is 1.86. The van der Waals surface area contributed by atoms with Gasteiger partial charge in [0, 0.05) is 6.04 Å². The number of amides is 1. The van der Waals surface area contributed by atoms with E-state index < -0.39 is 0 Å². The highest BCUT2D eigenvalue weighted by molar-refractivity contribution is 5.81. The van der Waals surface area contributed by atoms with Gasteiger partial charge < -0.3 is 10.1 Å². The first-order chi connectivity index (χ1) is 9.06. The molecular weight excluding hydrogens is 242 g/mol. The Labute approximate surface area is 114 Å². The van der Waals surface area contributed by atoms with Gasteiger partial charge in [-0.25, -0.2) is 0 Å². The first kappa shape index (κ1) is 15.2. The van der Waals surface area contributed by atoms with E-state index >= 15 is 0 Å². The summed E-state index contributed by atoms with van der Waals surface area (Å²) in [7, 11) is 0. The number of carbonyl (C=O) groups is 2. The fraction of sp³-hybridized carbons (Fsp3) is 0.467. The maximum absolute atomic E-state index is 11.6. The molecule has 1 aromatic carbocycles. The van der Waals surface area contributed by atoms with Gasteiger partial charge in [-0.3, -0.25) is 9.59 Å². The van der Waals surface area contributed by atoms with E-state index in [1.165, 1.54) is 0 Å². The van der Waals surface area contributed by atoms with Crippen LogP contribution in [0.5, 0.6) is 5.75 Å². The third-order valence-corrected chi connectivity index (χ3v) is 2.78. The van der Waals surface area contributed by atoms with Crippen molar-refractivity contribution in [1.29, 1.82) is 0 Å². The summed E-state index contributed by atoms with van der Waals surface area (Å²) in [4.78, 5) is 22.6. The van der Waals surface area contributed by atoms with Crippen molar-refractivity contribution in [3.05, 3.63) is 29.3 Å². The zero-order valence-electron chi connectivity index (χ0n) is 11.7. The Balaban J connectivity index is 2.52. The van der Waals surface area contributed by atoms with E-state index in [1.807, 2.05) is 19.9 Å². The molecule has 104 valence electrons. The molecule has 0 aromatic heterocycles. The van der Waals surface area contributed by atoms with Crippen molar-refractivity contribution in [2.24, 2.45) is 0 Å². The van der Waals surface area contributed by atoms with Crippen LogP contribution in [0.2, 0.25) is 0 Å². The number of ether oxygens (including phenoxy) is 1. The Morgan fingerprint density at radius 2 is 2.21 bits per heavy atom. The largest absolute Gasteiger partial charge is 0.483 e. The molecule has 0 heterocycles. The third kappa shape index (κ3) is 5.12. The molecule has 0 aliphatic rings. The highest BCUT2D eigenvalue weighted by Gasteiger charge is 2.09. The van der Waals surface area contributed by atoms with E-state index in [4.69, 9.17) is 4.74 Å². The molecule has 1 aromatic rings. The van der Waals surface area contributed by atoms with E-state index in [0.29, 0.717) is 11.3 Å². The van der Waals surface area contributed by atoms with Crippen LogP contribution in [0.3, 0.4) is 0 Å². The molecular formula is C15H21NO3. The SMILES string of the molecule is CCCC(C)NC(=O)COc1ccc(C)cc1C=O. The van der Waals surface area contributed by atoms with Crippen molar-refractivity contribution in [2.45, 2.75) is 39.7 Å². The van der Waals surface area contributed by atoms with Gasteiger partial charge in [-0.1, -0.05) is 25.0 Å². The third-order valence-electron chi connectivity index (χ3n) is 2.78. The summed E-state index contributed by atoms with van der Waals surface area (Å²) in [6.45, 7) is 5.86. The number of aldehydes is 1. The van der Waals surface area contributed by atoms with Crippen molar-refractivity contribution in [3.8, 4) is 5.75 Å². The van der Waals surface area contributed by atoms with Crippen LogP contribution in [0.1, 0.15) is 42.6 Å². The number of aryl methyl sites for hydroxylation is 1. The molecule has 0 saturated heterocycles. The van der Waals surface area contributed by atoms with Gasteiger partial charge in [0.05, 0.1) is 5.56 Å². The van der Waals surface area contributed by atoms with E-state index in [9.17, 15) is 9.59 Å². The Kier molecular flexibility index (Phi) is 6.06. The standard InChI is InChI=1S/C15H21NO3/c1-4-5-12(3)16-15(18)10-19-14-7-6-11(2)8-13(14)9-17/h6-9,12H,4-5,10H2,1-3H3,(H,16,18). The molecule has 1 N–H and O–H groups in total. The molecule has 1 unspecified atom stereocenters. The summed E-state index contributed by atoms with van der Waals surface area (Å²) < 4.78 is 5.38. The Morgan fingerprint density at radius 1 is 1.47 bits per heavy atom. The molecule has 0 saturated carbocycles. The highest BCUT2D eigenvalue weighted by Crippen LogP contribution is 2.17. The molecule has 1 atom stereocenters. The molecule has 1 rings (SSSR count). The Hall–Kier alpha value is -1.84. The van der Waals surface area contributed by atoms with Crippen molar-refractivity contribution in [2.75, 3.05) is 6.61 Å². The topological polar surface area (TPSA) is 55.4 Å². The zero-order chi connectivity index (χ0) is 14.3. The van der Waals surface area contributed by atoms with E-state index in [-0.39, 0.29) is 18.6 Å². The fourth-order valence-corrected chi connectivity index (χ4v) is 1.86. The zero-order valence-corrected chi connectivity index (χ0v) is 11.7. The lowest BCUT2D eigenvalue weighted by atomic mass is 10.1.